The molecule has 1 atom stereocenters. The number of hydrogen-bond acceptors (Lipinski definition) is 4. The summed E-state index contributed by atoms with van der Waals surface area (Å²) in [5.74, 6) is 0.909. The van der Waals surface area contributed by atoms with Gasteiger partial charge in [-0.1, -0.05) is 30.3 Å². The zero-order valence-electron chi connectivity index (χ0n) is 16.4. The third kappa shape index (κ3) is 4.57. The summed E-state index contributed by atoms with van der Waals surface area (Å²) in [5, 5.41) is 8.75. The lowest BCUT2D eigenvalue weighted by Crippen LogP contribution is -2.28. The molecular weight excluding hydrogens is 346 g/mol. The standard InChI is InChI=1S/C24H27N3O/c1-19-7-5-16-27(19)17-6-18-28-22-12-10-21(11-13-22)24-15-14-23(25-26-24)20-8-3-2-4-9-20/h2-4,8-15,19H,5-7,16-18H2,1H3/t19-/m1/s1. The number of nitrogens with zero attached hydrogens (tertiary/aromatic N) is 3. The number of likely N-dealkylation sites (tertiary alicyclic amines) is 1. The Hall–Kier alpha value is -2.72. The molecule has 1 aromatic heterocycles. The highest BCUT2D eigenvalue weighted by Gasteiger charge is 2.19. The maximum Gasteiger partial charge on any atom is 0.119 e. The topological polar surface area (TPSA) is 38.2 Å². The largest absolute Gasteiger partial charge is 0.494 e. The monoisotopic (exact) mass is 373 g/mol. The van der Waals surface area contributed by atoms with Gasteiger partial charge >= 0.3 is 0 Å². The summed E-state index contributed by atoms with van der Waals surface area (Å²) in [6.45, 7) is 5.44. The Morgan fingerprint density at radius 1 is 0.893 bits per heavy atom. The van der Waals surface area contributed by atoms with Crippen LogP contribution >= 0.6 is 0 Å². The van der Waals surface area contributed by atoms with Gasteiger partial charge < -0.3 is 9.64 Å². The number of hydrogen-bond donors (Lipinski definition) is 0. The van der Waals surface area contributed by atoms with E-state index in [0.29, 0.717) is 0 Å². The van der Waals surface area contributed by atoms with Crippen LogP contribution in [0.4, 0.5) is 0 Å². The first-order chi connectivity index (χ1) is 13.8. The minimum atomic E-state index is 0.730. The summed E-state index contributed by atoms with van der Waals surface area (Å²) in [6, 6.07) is 23.0. The molecule has 2 aromatic carbocycles. The van der Waals surface area contributed by atoms with E-state index >= 15 is 0 Å². The molecule has 0 bridgehead atoms. The first kappa shape index (κ1) is 18.6. The molecule has 4 heteroatoms. The van der Waals surface area contributed by atoms with Gasteiger partial charge in [-0.05, 0) is 69.1 Å². The van der Waals surface area contributed by atoms with Gasteiger partial charge in [-0.2, -0.15) is 0 Å². The van der Waals surface area contributed by atoms with Crippen LogP contribution < -0.4 is 4.74 Å². The molecule has 1 fully saturated rings. The molecule has 1 aliphatic rings. The Bertz CT molecular complexity index is 863. The fraction of sp³-hybridized carbons (Fsp3) is 0.333. The Kier molecular flexibility index (Phi) is 5.98. The molecule has 1 aliphatic heterocycles. The molecule has 144 valence electrons. The third-order valence-electron chi connectivity index (χ3n) is 5.43. The highest BCUT2D eigenvalue weighted by Crippen LogP contribution is 2.23. The molecule has 1 saturated heterocycles. The van der Waals surface area contributed by atoms with Crippen molar-refractivity contribution in [1.29, 1.82) is 0 Å². The average molecular weight is 374 g/mol. The number of ether oxygens (including phenoxy) is 1. The third-order valence-corrected chi connectivity index (χ3v) is 5.43. The van der Waals surface area contributed by atoms with Crippen molar-refractivity contribution in [2.75, 3.05) is 19.7 Å². The summed E-state index contributed by atoms with van der Waals surface area (Å²) >= 11 is 0. The second-order valence-corrected chi connectivity index (χ2v) is 7.42. The first-order valence-electron chi connectivity index (χ1n) is 10.2. The van der Waals surface area contributed by atoms with Crippen LogP contribution in [0.2, 0.25) is 0 Å². The van der Waals surface area contributed by atoms with Crippen molar-refractivity contribution in [3.8, 4) is 28.3 Å². The minimum Gasteiger partial charge on any atom is -0.494 e. The highest BCUT2D eigenvalue weighted by molar-refractivity contribution is 5.63. The van der Waals surface area contributed by atoms with Crippen molar-refractivity contribution in [3.05, 3.63) is 66.7 Å². The summed E-state index contributed by atoms with van der Waals surface area (Å²) < 4.78 is 5.91. The van der Waals surface area contributed by atoms with Crippen LogP contribution in [0, 0.1) is 0 Å². The summed E-state index contributed by atoms with van der Waals surface area (Å²) in [6.07, 6.45) is 3.73. The van der Waals surface area contributed by atoms with Gasteiger partial charge in [-0.25, -0.2) is 0 Å². The van der Waals surface area contributed by atoms with E-state index in [2.05, 4.69) is 22.0 Å². The zero-order valence-corrected chi connectivity index (χ0v) is 16.4. The number of benzene rings is 2. The average Bonchev–Trinajstić information content (AvgIpc) is 3.17. The molecule has 0 amide bonds. The molecule has 0 unspecified atom stereocenters. The van der Waals surface area contributed by atoms with Crippen LogP contribution in [0.25, 0.3) is 22.5 Å². The lowest BCUT2D eigenvalue weighted by molar-refractivity contribution is 0.230. The van der Waals surface area contributed by atoms with Crippen molar-refractivity contribution in [2.45, 2.75) is 32.2 Å². The Morgan fingerprint density at radius 3 is 2.18 bits per heavy atom. The maximum atomic E-state index is 5.91. The van der Waals surface area contributed by atoms with E-state index < -0.39 is 0 Å². The van der Waals surface area contributed by atoms with E-state index in [0.717, 1.165) is 53.9 Å². The Labute approximate surface area is 167 Å². The van der Waals surface area contributed by atoms with Gasteiger partial charge in [-0.15, -0.1) is 10.2 Å². The second-order valence-electron chi connectivity index (χ2n) is 7.42. The van der Waals surface area contributed by atoms with E-state index in [1.807, 2.05) is 66.7 Å². The van der Waals surface area contributed by atoms with E-state index in [1.54, 1.807) is 0 Å². The van der Waals surface area contributed by atoms with Crippen LogP contribution in [0.3, 0.4) is 0 Å². The van der Waals surface area contributed by atoms with E-state index in [-0.39, 0.29) is 0 Å². The molecule has 0 saturated carbocycles. The molecule has 4 nitrogen and oxygen atoms in total. The molecule has 3 aromatic rings. The van der Waals surface area contributed by atoms with Crippen LogP contribution in [0.15, 0.2) is 66.7 Å². The van der Waals surface area contributed by atoms with Gasteiger partial charge in [0.25, 0.3) is 0 Å². The van der Waals surface area contributed by atoms with Crippen LogP contribution in [-0.4, -0.2) is 40.8 Å². The van der Waals surface area contributed by atoms with Crippen LogP contribution in [0.1, 0.15) is 26.2 Å². The van der Waals surface area contributed by atoms with Crippen molar-refractivity contribution in [3.63, 3.8) is 0 Å². The predicted octanol–water partition coefficient (Wildman–Crippen LogP) is 5.06. The van der Waals surface area contributed by atoms with Crippen molar-refractivity contribution in [2.24, 2.45) is 0 Å². The normalized spacial score (nSPS) is 17.0. The first-order valence-corrected chi connectivity index (χ1v) is 10.2. The second kappa shape index (κ2) is 8.98. The zero-order chi connectivity index (χ0) is 19.2. The van der Waals surface area contributed by atoms with Gasteiger partial charge in [0, 0.05) is 23.7 Å². The summed E-state index contributed by atoms with van der Waals surface area (Å²) in [7, 11) is 0. The molecule has 4 rings (SSSR count). The van der Waals surface area contributed by atoms with Crippen molar-refractivity contribution < 1.29 is 4.74 Å². The minimum absolute atomic E-state index is 0.730. The quantitative estimate of drug-likeness (QED) is 0.542. The van der Waals surface area contributed by atoms with E-state index in [1.165, 1.54) is 19.4 Å². The Balaban J connectivity index is 1.30. The lowest BCUT2D eigenvalue weighted by atomic mass is 10.1. The highest BCUT2D eigenvalue weighted by atomic mass is 16.5. The van der Waals surface area contributed by atoms with Crippen LogP contribution in [0.5, 0.6) is 5.75 Å². The molecule has 0 radical (unpaired) electrons. The van der Waals surface area contributed by atoms with Crippen molar-refractivity contribution in [1.82, 2.24) is 15.1 Å². The molecule has 0 N–H and O–H groups in total. The van der Waals surface area contributed by atoms with E-state index in [4.69, 9.17) is 4.74 Å². The van der Waals surface area contributed by atoms with E-state index in [9.17, 15) is 0 Å². The van der Waals surface area contributed by atoms with Gasteiger partial charge in [0.15, 0.2) is 0 Å². The lowest BCUT2D eigenvalue weighted by Gasteiger charge is -2.20. The number of aromatic nitrogens is 2. The van der Waals surface area contributed by atoms with Gasteiger partial charge in [-0.3, -0.25) is 0 Å². The summed E-state index contributed by atoms with van der Waals surface area (Å²) in [5.41, 5.74) is 3.88. The predicted molar refractivity (Wildman–Crippen MR) is 113 cm³/mol. The molecule has 0 aliphatic carbocycles. The van der Waals surface area contributed by atoms with Crippen LogP contribution in [-0.2, 0) is 0 Å². The fourth-order valence-corrected chi connectivity index (χ4v) is 3.75. The van der Waals surface area contributed by atoms with Crippen molar-refractivity contribution >= 4 is 0 Å². The smallest absolute Gasteiger partial charge is 0.119 e. The summed E-state index contributed by atoms with van der Waals surface area (Å²) in [4.78, 5) is 2.56. The van der Waals surface area contributed by atoms with Gasteiger partial charge in [0.2, 0.25) is 0 Å². The molecule has 28 heavy (non-hydrogen) atoms. The van der Waals surface area contributed by atoms with Gasteiger partial charge in [0.05, 0.1) is 18.0 Å². The van der Waals surface area contributed by atoms with Gasteiger partial charge in [0.1, 0.15) is 5.75 Å². The molecular formula is C24H27N3O. The molecule has 0 spiro atoms. The fourth-order valence-electron chi connectivity index (χ4n) is 3.75. The Morgan fingerprint density at radius 2 is 1.57 bits per heavy atom. The SMILES string of the molecule is C[C@@H]1CCCN1CCCOc1ccc(-c2ccc(-c3ccccc3)nn2)cc1. The maximum absolute atomic E-state index is 5.91. The number of rotatable bonds is 7. The molecule has 2 heterocycles.